The van der Waals surface area contributed by atoms with Crippen molar-refractivity contribution in [1.29, 1.82) is 0 Å². The minimum atomic E-state index is -0.269. The average molecular weight is 389 g/mol. The number of methoxy groups -OCH3 is 1. The predicted octanol–water partition coefficient (Wildman–Crippen LogP) is 3.84. The number of hydrogen-bond acceptors (Lipinski definition) is 5. The maximum absolute atomic E-state index is 12.4. The molecule has 0 radical (unpaired) electrons. The highest BCUT2D eigenvalue weighted by Gasteiger charge is 2.18. The van der Waals surface area contributed by atoms with Crippen molar-refractivity contribution in [3.8, 4) is 17.2 Å². The Kier molecular flexibility index (Phi) is 5.76. The second kappa shape index (κ2) is 8.22. The molecular weight excluding hydrogens is 368 g/mol. The highest BCUT2D eigenvalue weighted by molar-refractivity contribution is 6.34. The molecule has 3 rings (SSSR count). The fourth-order valence-corrected chi connectivity index (χ4v) is 3.15. The number of nitrogens with zero attached hydrogens (tertiary/aromatic N) is 1. The van der Waals surface area contributed by atoms with E-state index in [2.05, 4.69) is 5.32 Å². The summed E-state index contributed by atoms with van der Waals surface area (Å²) >= 11 is 6.23. The molecule has 142 valence electrons. The predicted molar refractivity (Wildman–Crippen MR) is 107 cm³/mol. The lowest BCUT2D eigenvalue weighted by molar-refractivity contribution is -0.111. The van der Waals surface area contributed by atoms with Crippen LogP contribution < -0.4 is 24.4 Å². The molecule has 0 bridgehead atoms. The fraction of sp³-hybridized carbons (Fsp3) is 0.250. The summed E-state index contributed by atoms with van der Waals surface area (Å²) in [5.41, 5.74) is 2.16. The summed E-state index contributed by atoms with van der Waals surface area (Å²) in [6.45, 7) is 0.959. The van der Waals surface area contributed by atoms with E-state index in [1.54, 1.807) is 37.5 Å². The summed E-state index contributed by atoms with van der Waals surface area (Å²) < 4.78 is 16.5. The zero-order chi connectivity index (χ0) is 19.4. The van der Waals surface area contributed by atoms with Gasteiger partial charge in [-0.1, -0.05) is 17.7 Å². The van der Waals surface area contributed by atoms with Crippen molar-refractivity contribution in [2.45, 2.75) is 0 Å². The minimum Gasteiger partial charge on any atom is -0.493 e. The highest BCUT2D eigenvalue weighted by atomic mass is 35.5. The molecule has 2 aromatic rings. The van der Waals surface area contributed by atoms with Crippen molar-refractivity contribution in [2.75, 3.05) is 44.6 Å². The van der Waals surface area contributed by atoms with Gasteiger partial charge < -0.3 is 24.4 Å². The quantitative estimate of drug-likeness (QED) is 0.788. The zero-order valence-corrected chi connectivity index (χ0v) is 16.2. The molecule has 0 saturated heterocycles. The molecule has 0 fully saturated rings. The van der Waals surface area contributed by atoms with Gasteiger partial charge in [-0.2, -0.15) is 0 Å². The molecular formula is C20H21ClN2O4. The van der Waals surface area contributed by atoms with Crippen LogP contribution in [0.1, 0.15) is 5.56 Å². The molecule has 1 amide bonds. The monoisotopic (exact) mass is 388 g/mol. The number of benzene rings is 2. The van der Waals surface area contributed by atoms with Gasteiger partial charge in [0.25, 0.3) is 0 Å². The van der Waals surface area contributed by atoms with Gasteiger partial charge in [0.15, 0.2) is 11.5 Å². The zero-order valence-electron chi connectivity index (χ0n) is 15.4. The Hall–Kier alpha value is -2.86. The number of anilines is 2. The molecule has 1 aliphatic heterocycles. The van der Waals surface area contributed by atoms with Crippen LogP contribution in [-0.4, -0.2) is 40.3 Å². The van der Waals surface area contributed by atoms with Crippen molar-refractivity contribution in [2.24, 2.45) is 0 Å². The van der Waals surface area contributed by atoms with Gasteiger partial charge in [0.2, 0.25) is 11.7 Å². The molecule has 0 unspecified atom stereocenters. The minimum absolute atomic E-state index is 0.269. The summed E-state index contributed by atoms with van der Waals surface area (Å²) in [6, 6.07) is 8.98. The van der Waals surface area contributed by atoms with Gasteiger partial charge in [-0.3, -0.25) is 4.79 Å². The van der Waals surface area contributed by atoms with Crippen molar-refractivity contribution in [3.05, 3.63) is 47.0 Å². The van der Waals surface area contributed by atoms with Gasteiger partial charge in [0.05, 0.1) is 23.5 Å². The molecule has 0 aliphatic carbocycles. The molecule has 6 nitrogen and oxygen atoms in total. The van der Waals surface area contributed by atoms with E-state index in [4.69, 9.17) is 25.8 Å². The lowest BCUT2D eigenvalue weighted by Crippen LogP contribution is -2.16. The number of carbonyl (C=O) groups excluding carboxylic acids is 1. The largest absolute Gasteiger partial charge is 0.493 e. The summed E-state index contributed by atoms with van der Waals surface area (Å²) in [6.07, 6.45) is 3.14. The second-order valence-electron chi connectivity index (χ2n) is 6.10. The molecule has 2 aromatic carbocycles. The van der Waals surface area contributed by atoms with E-state index in [0.29, 0.717) is 41.2 Å². The first-order valence-electron chi connectivity index (χ1n) is 8.42. The normalized spacial score (nSPS) is 12.7. The summed E-state index contributed by atoms with van der Waals surface area (Å²) in [4.78, 5) is 14.2. The molecule has 7 heteroatoms. The number of nitrogens with one attached hydrogen (secondary N) is 1. The van der Waals surface area contributed by atoms with E-state index in [1.165, 1.54) is 6.08 Å². The lowest BCUT2D eigenvalue weighted by atomic mass is 10.1. The van der Waals surface area contributed by atoms with Gasteiger partial charge in [-0.15, -0.1) is 0 Å². The molecule has 0 aromatic heterocycles. The molecule has 1 heterocycles. The lowest BCUT2D eigenvalue weighted by Gasteiger charge is -2.21. The van der Waals surface area contributed by atoms with Crippen LogP contribution in [0.3, 0.4) is 0 Å². The molecule has 0 saturated carbocycles. The number of para-hydroxylation sites is 1. The van der Waals surface area contributed by atoms with Crippen LogP contribution >= 0.6 is 11.6 Å². The van der Waals surface area contributed by atoms with Crippen LogP contribution in [0.2, 0.25) is 5.02 Å². The van der Waals surface area contributed by atoms with E-state index in [9.17, 15) is 4.79 Å². The first-order chi connectivity index (χ1) is 13.0. The second-order valence-corrected chi connectivity index (χ2v) is 6.51. The number of amides is 1. The third-order valence-corrected chi connectivity index (χ3v) is 4.27. The number of hydrogen-bond donors (Lipinski definition) is 1. The topological polar surface area (TPSA) is 60.0 Å². The van der Waals surface area contributed by atoms with Gasteiger partial charge >= 0.3 is 0 Å². The summed E-state index contributed by atoms with van der Waals surface area (Å²) in [5, 5.41) is 3.42. The maximum atomic E-state index is 12.4. The van der Waals surface area contributed by atoms with Crippen LogP contribution in [0.5, 0.6) is 17.2 Å². The number of rotatable bonds is 5. The molecule has 1 N–H and O–H groups in total. The molecule has 1 aliphatic rings. The van der Waals surface area contributed by atoms with Gasteiger partial charge in [0, 0.05) is 20.2 Å². The van der Waals surface area contributed by atoms with E-state index in [-0.39, 0.29) is 5.91 Å². The number of halogens is 1. The Bertz CT molecular complexity index is 863. The van der Waals surface area contributed by atoms with Gasteiger partial charge in [0.1, 0.15) is 13.2 Å². The fourth-order valence-electron chi connectivity index (χ4n) is 2.81. The van der Waals surface area contributed by atoms with Gasteiger partial charge in [-0.25, -0.2) is 0 Å². The molecule has 27 heavy (non-hydrogen) atoms. The Morgan fingerprint density at radius 3 is 2.78 bits per heavy atom. The van der Waals surface area contributed by atoms with Crippen LogP contribution in [-0.2, 0) is 4.79 Å². The first kappa shape index (κ1) is 18.9. The van der Waals surface area contributed by atoms with E-state index >= 15 is 0 Å². The van der Waals surface area contributed by atoms with Crippen molar-refractivity contribution < 1.29 is 19.0 Å². The third kappa shape index (κ3) is 4.28. The number of fused-ring (bicyclic) bond motifs is 1. The first-order valence-corrected chi connectivity index (χ1v) is 8.80. The maximum Gasteiger partial charge on any atom is 0.248 e. The highest BCUT2D eigenvalue weighted by Crippen LogP contribution is 2.40. The average Bonchev–Trinajstić information content (AvgIpc) is 2.65. The SMILES string of the molecule is COc1cc(/C=C/C(=O)Nc2cccc(Cl)c2N(C)C)cc2c1OCCO2. The van der Waals surface area contributed by atoms with Crippen LogP contribution in [0.25, 0.3) is 6.08 Å². The Balaban J connectivity index is 1.79. The summed E-state index contributed by atoms with van der Waals surface area (Å²) in [7, 11) is 5.30. The van der Waals surface area contributed by atoms with E-state index < -0.39 is 0 Å². The van der Waals surface area contributed by atoms with Gasteiger partial charge in [-0.05, 0) is 35.9 Å². The molecule has 0 atom stereocenters. The third-order valence-electron chi connectivity index (χ3n) is 3.97. The van der Waals surface area contributed by atoms with E-state index in [0.717, 1.165) is 11.3 Å². The standard InChI is InChI=1S/C20H21ClN2O4/c1-23(2)19-14(21)5-4-6-15(19)22-18(24)8-7-13-11-16(25-3)20-17(12-13)26-9-10-27-20/h4-8,11-12H,9-10H2,1-3H3,(H,22,24)/b8-7+. The molecule has 0 spiro atoms. The Morgan fingerprint density at radius 1 is 1.26 bits per heavy atom. The van der Waals surface area contributed by atoms with Crippen LogP contribution in [0, 0.1) is 0 Å². The van der Waals surface area contributed by atoms with Crippen molar-refractivity contribution >= 4 is 35.0 Å². The van der Waals surface area contributed by atoms with E-state index in [1.807, 2.05) is 25.1 Å². The Morgan fingerprint density at radius 2 is 2.04 bits per heavy atom. The van der Waals surface area contributed by atoms with Crippen molar-refractivity contribution in [3.63, 3.8) is 0 Å². The van der Waals surface area contributed by atoms with Crippen molar-refractivity contribution in [1.82, 2.24) is 0 Å². The van der Waals surface area contributed by atoms with Crippen LogP contribution in [0.15, 0.2) is 36.4 Å². The smallest absolute Gasteiger partial charge is 0.248 e. The summed E-state index contributed by atoms with van der Waals surface area (Å²) in [5.74, 6) is 1.48. The Labute approximate surface area is 163 Å². The number of ether oxygens (including phenoxy) is 3. The van der Waals surface area contributed by atoms with Crippen LogP contribution in [0.4, 0.5) is 11.4 Å². The number of carbonyl (C=O) groups is 1.